The monoisotopic (exact) mass is 653 g/mol. The van der Waals surface area contributed by atoms with Crippen LogP contribution in [0, 0.1) is 0 Å². The lowest BCUT2D eigenvalue weighted by Crippen LogP contribution is -2.53. The Morgan fingerprint density at radius 3 is 2.65 bits per heavy atom. The minimum Gasteiger partial charge on any atom is -0.464 e. The van der Waals surface area contributed by atoms with Gasteiger partial charge in [-0.15, -0.1) is 5.10 Å². The molecule has 5 rings (SSSR count). The Balaban J connectivity index is 1.61. The zero-order chi connectivity index (χ0) is 31.1. The molecule has 43 heavy (non-hydrogen) atoms. The highest BCUT2D eigenvalue weighted by Gasteiger charge is 2.39. The van der Waals surface area contributed by atoms with E-state index in [1.54, 1.807) is 24.2 Å². The molecule has 1 saturated heterocycles. The van der Waals surface area contributed by atoms with Gasteiger partial charge in [0, 0.05) is 47.3 Å². The molecule has 228 valence electrons. The number of aromatic nitrogens is 5. The lowest BCUT2D eigenvalue weighted by molar-refractivity contribution is -0.0515. The Morgan fingerprint density at radius 1 is 1.21 bits per heavy atom. The Morgan fingerprint density at radius 2 is 1.98 bits per heavy atom. The molecule has 0 spiro atoms. The van der Waals surface area contributed by atoms with Gasteiger partial charge >= 0.3 is 12.2 Å². The van der Waals surface area contributed by atoms with Crippen LogP contribution in [0.4, 0.5) is 9.59 Å². The van der Waals surface area contributed by atoms with Crippen LogP contribution in [0.5, 0.6) is 0 Å². The summed E-state index contributed by atoms with van der Waals surface area (Å²) in [6, 6.07) is 9.55. The number of fused-ring (bicyclic) bond motifs is 1. The van der Waals surface area contributed by atoms with E-state index in [1.165, 1.54) is 0 Å². The van der Waals surface area contributed by atoms with Crippen molar-refractivity contribution in [2.45, 2.75) is 71.2 Å². The van der Waals surface area contributed by atoms with E-state index in [0.29, 0.717) is 25.0 Å². The molecule has 1 unspecified atom stereocenters. The lowest BCUT2D eigenvalue weighted by Gasteiger charge is -2.39. The molecular weight excluding hydrogens is 618 g/mol. The number of carboxylic acid groups (broad SMARTS) is 2. The zero-order valence-corrected chi connectivity index (χ0v) is 26.4. The van der Waals surface area contributed by atoms with Crippen LogP contribution in [0.15, 0.2) is 47.2 Å². The Hall–Kier alpha value is -3.97. The van der Waals surface area contributed by atoms with Gasteiger partial charge in [-0.3, -0.25) is 4.98 Å². The second-order valence-electron chi connectivity index (χ2n) is 11.3. The summed E-state index contributed by atoms with van der Waals surface area (Å²) < 4.78 is 10.7. The van der Waals surface area contributed by atoms with Crippen molar-refractivity contribution in [1.29, 1.82) is 0 Å². The predicted octanol–water partition coefficient (Wildman–Crippen LogP) is 6.47. The number of hydrogen-bond donors (Lipinski definition) is 2. The summed E-state index contributed by atoms with van der Waals surface area (Å²) in [4.78, 5) is 28.6. The van der Waals surface area contributed by atoms with Crippen LogP contribution >= 0.6 is 15.9 Å². The predicted molar refractivity (Wildman–Crippen MR) is 164 cm³/mol. The molecule has 1 aliphatic rings. The number of nitrogens with zero attached hydrogens (tertiary/aromatic N) is 7. The molecule has 0 saturated carbocycles. The number of ether oxygens (including phenoxy) is 1. The number of hydrazine groups is 1. The van der Waals surface area contributed by atoms with E-state index < -0.39 is 23.8 Å². The van der Waals surface area contributed by atoms with Crippen molar-refractivity contribution in [2.24, 2.45) is 0 Å². The van der Waals surface area contributed by atoms with Gasteiger partial charge in [0.25, 0.3) is 0 Å². The standard InChI is InChI=1S/C30H36BrN7O5/c1-6-35-24-12-11-19(31)15-21(24)22(27(35)20-9-7-13-32-26(20)18(2)43-5)16-30(3,4)37-17-23(33-34-37)25-10-8-14-36(28(39)40)38(25)29(41)42/h7,9,11-13,15,17-18,25H,6,8,10,14,16H2,1-5H3,(H,39,40)(H,41,42)/t18?,25-/m0/s1. The van der Waals surface area contributed by atoms with Gasteiger partial charge in [-0.2, -0.15) is 0 Å². The van der Waals surface area contributed by atoms with Gasteiger partial charge in [-0.25, -0.2) is 24.3 Å². The molecule has 2 N–H and O–H groups in total. The third-order valence-corrected chi connectivity index (χ3v) is 8.67. The number of hydrogen-bond acceptors (Lipinski definition) is 6. The van der Waals surface area contributed by atoms with Gasteiger partial charge in [-0.05, 0) is 82.9 Å². The molecule has 1 aromatic carbocycles. The van der Waals surface area contributed by atoms with Crippen LogP contribution in [0.3, 0.4) is 0 Å². The molecule has 2 atom stereocenters. The van der Waals surface area contributed by atoms with E-state index in [1.807, 2.05) is 19.1 Å². The number of carbonyl (C=O) groups is 2. The van der Waals surface area contributed by atoms with Crippen LogP contribution in [0.25, 0.3) is 22.2 Å². The molecule has 2 amide bonds. The van der Waals surface area contributed by atoms with Crippen molar-refractivity contribution in [3.8, 4) is 11.3 Å². The number of amides is 2. The van der Waals surface area contributed by atoms with Crippen LogP contribution in [0.1, 0.15) is 69.6 Å². The fourth-order valence-electron chi connectivity index (χ4n) is 6.03. The first kappa shape index (κ1) is 30.5. The van der Waals surface area contributed by atoms with Crippen LogP contribution in [-0.4, -0.2) is 70.6 Å². The molecule has 1 fully saturated rings. The average molecular weight is 655 g/mol. The summed E-state index contributed by atoms with van der Waals surface area (Å²) >= 11 is 3.66. The summed E-state index contributed by atoms with van der Waals surface area (Å²) in [6.45, 7) is 9.07. The number of rotatable bonds is 8. The molecular formula is C30H36BrN7O5. The SMILES string of the molecule is CCn1c(-c2cccnc2C(C)OC)c(CC(C)(C)n2cc([C@@H]3CCCN(C(=O)O)N3C(=O)O)nn2)c2cc(Br)ccc21. The molecule has 0 bridgehead atoms. The third kappa shape index (κ3) is 5.58. The molecule has 0 aliphatic carbocycles. The second-order valence-corrected chi connectivity index (χ2v) is 12.2. The summed E-state index contributed by atoms with van der Waals surface area (Å²) in [5.41, 5.74) is 4.90. The summed E-state index contributed by atoms with van der Waals surface area (Å²) in [6.07, 6.45) is 2.16. The zero-order valence-electron chi connectivity index (χ0n) is 24.9. The van der Waals surface area contributed by atoms with Gasteiger partial charge in [0.2, 0.25) is 0 Å². The topological polar surface area (TPSA) is 139 Å². The highest BCUT2D eigenvalue weighted by atomic mass is 79.9. The van der Waals surface area contributed by atoms with E-state index >= 15 is 0 Å². The van der Waals surface area contributed by atoms with Crippen LogP contribution in [0.2, 0.25) is 0 Å². The van der Waals surface area contributed by atoms with Gasteiger partial charge in [-0.1, -0.05) is 21.1 Å². The average Bonchev–Trinajstić information content (AvgIpc) is 3.60. The molecule has 12 nitrogen and oxygen atoms in total. The van der Waals surface area contributed by atoms with Crippen LogP contribution in [-0.2, 0) is 23.2 Å². The van der Waals surface area contributed by atoms with Gasteiger partial charge in [0.15, 0.2) is 0 Å². The van der Waals surface area contributed by atoms with E-state index in [-0.39, 0.29) is 12.6 Å². The maximum atomic E-state index is 12.1. The first-order valence-electron chi connectivity index (χ1n) is 14.2. The van der Waals surface area contributed by atoms with E-state index in [0.717, 1.165) is 54.5 Å². The Kier molecular flexibility index (Phi) is 8.48. The fraction of sp³-hybridized carbons (Fsp3) is 0.433. The lowest BCUT2D eigenvalue weighted by atomic mass is 9.90. The summed E-state index contributed by atoms with van der Waals surface area (Å²) in [7, 11) is 1.68. The molecule has 0 radical (unpaired) electrons. The molecule has 4 heterocycles. The summed E-state index contributed by atoms with van der Waals surface area (Å²) in [5.74, 6) is 0. The van der Waals surface area contributed by atoms with E-state index in [2.05, 4.69) is 69.8 Å². The number of pyridine rings is 1. The maximum absolute atomic E-state index is 12.1. The highest BCUT2D eigenvalue weighted by molar-refractivity contribution is 9.10. The number of aryl methyl sites for hydroxylation is 1. The van der Waals surface area contributed by atoms with Crippen molar-refractivity contribution in [3.63, 3.8) is 0 Å². The Bertz CT molecular complexity index is 1670. The number of benzene rings is 1. The molecule has 3 aromatic heterocycles. The molecule has 4 aromatic rings. The van der Waals surface area contributed by atoms with Crippen molar-refractivity contribution in [2.75, 3.05) is 13.7 Å². The molecule has 1 aliphatic heterocycles. The largest absolute Gasteiger partial charge is 0.464 e. The van der Waals surface area contributed by atoms with Gasteiger partial charge in [0.05, 0.1) is 29.2 Å². The van der Waals surface area contributed by atoms with E-state index in [9.17, 15) is 19.8 Å². The fourth-order valence-corrected chi connectivity index (χ4v) is 6.40. The quantitative estimate of drug-likeness (QED) is 0.220. The number of methoxy groups -OCH3 is 1. The van der Waals surface area contributed by atoms with Gasteiger partial charge in [0.1, 0.15) is 11.7 Å². The molecule has 13 heteroatoms. The van der Waals surface area contributed by atoms with Crippen molar-refractivity contribution < 1.29 is 24.5 Å². The highest BCUT2D eigenvalue weighted by Crippen LogP contribution is 2.41. The first-order valence-corrected chi connectivity index (χ1v) is 15.0. The number of halogens is 1. The minimum absolute atomic E-state index is 0.107. The summed E-state index contributed by atoms with van der Waals surface area (Å²) in [5, 5.41) is 31.0. The second kappa shape index (κ2) is 12.0. The van der Waals surface area contributed by atoms with Crippen molar-refractivity contribution in [3.05, 3.63) is 64.1 Å². The normalized spacial score (nSPS) is 16.6. The Labute approximate surface area is 258 Å². The van der Waals surface area contributed by atoms with E-state index in [4.69, 9.17) is 9.72 Å². The van der Waals surface area contributed by atoms with Crippen LogP contribution < -0.4 is 0 Å². The minimum atomic E-state index is -1.35. The van der Waals surface area contributed by atoms with Crippen molar-refractivity contribution >= 4 is 39.0 Å². The van der Waals surface area contributed by atoms with Crippen molar-refractivity contribution in [1.82, 2.24) is 34.6 Å². The third-order valence-electron chi connectivity index (χ3n) is 8.18. The smallest absolute Gasteiger partial charge is 0.427 e. The van der Waals surface area contributed by atoms with Gasteiger partial charge < -0.3 is 19.5 Å². The first-order chi connectivity index (χ1) is 20.5. The maximum Gasteiger partial charge on any atom is 0.427 e.